The topological polar surface area (TPSA) is 26.3 Å². The van der Waals surface area contributed by atoms with Crippen molar-refractivity contribution in [2.24, 2.45) is 11.8 Å². The smallest absolute Gasteiger partial charge is 0.184 e. The molecule has 0 aromatic heterocycles. The summed E-state index contributed by atoms with van der Waals surface area (Å²) >= 11 is 0. The molecular formula is C15H16O2. The lowest BCUT2D eigenvalue weighted by atomic mass is 9.85. The van der Waals surface area contributed by atoms with Crippen LogP contribution in [-0.4, -0.2) is 18.0 Å². The van der Waals surface area contributed by atoms with E-state index in [2.05, 4.69) is 12.2 Å². The molecule has 17 heavy (non-hydrogen) atoms. The van der Waals surface area contributed by atoms with Crippen LogP contribution in [0.1, 0.15) is 25.7 Å². The summed E-state index contributed by atoms with van der Waals surface area (Å²) in [5.41, 5.74) is 3.01. The summed E-state index contributed by atoms with van der Waals surface area (Å²) < 4.78 is 5.84. The van der Waals surface area contributed by atoms with Crippen LogP contribution in [0.25, 0.3) is 0 Å². The Hall–Kier alpha value is -1.15. The molecule has 2 heteroatoms. The lowest BCUT2D eigenvalue weighted by Gasteiger charge is -2.19. The van der Waals surface area contributed by atoms with Crippen LogP contribution in [0, 0.1) is 11.8 Å². The highest BCUT2D eigenvalue weighted by Gasteiger charge is 2.50. The molecule has 2 aliphatic heterocycles. The fourth-order valence-corrected chi connectivity index (χ4v) is 3.82. The zero-order chi connectivity index (χ0) is 11.4. The van der Waals surface area contributed by atoms with E-state index in [9.17, 15) is 4.79 Å². The minimum atomic E-state index is -0.201. The summed E-state index contributed by atoms with van der Waals surface area (Å²) in [5.74, 6) is 0.884. The van der Waals surface area contributed by atoms with Gasteiger partial charge in [-0.2, -0.15) is 0 Å². The molecule has 0 aromatic rings. The van der Waals surface area contributed by atoms with E-state index >= 15 is 0 Å². The number of hydrogen-bond acceptors (Lipinski definition) is 2. The van der Waals surface area contributed by atoms with Crippen molar-refractivity contribution in [3.63, 3.8) is 0 Å². The van der Waals surface area contributed by atoms with Gasteiger partial charge in [-0.05, 0) is 37.3 Å². The normalized spacial score (nSPS) is 42.7. The van der Waals surface area contributed by atoms with Crippen molar-refractivity contribution in [1.82, 2.24) is 0 Å². The van der Waals surface area contributed by atoms with Crippen LogP contribution in [0.4, 0.5) is 0 Å². The van der Waals surface area contributed by atoms with E-state index in [0.29, 0.717) is 11.8 Å². The highest BCUT2D eigenvalue weighted by molar-refractivity contribution is 5.95. The molecule has 2 aliphatic carbocycles. The van der Waals surface area contributed by atoms with E-state index < -0.39 is 0 Å². The summed E-state index contributed by atoms with van der Waals surface area (Å²) in [6.07, 6.45) is 13.2. The fraction of sp³-hybridized carbons (Fsp3) is 0.533. The average molecular weight is 228 g/mol. The van der Waals surface area contributed by atoms with Crippen LogP contribution in [0.3, 0.4) is 0 Å². The molecule has 4 rings (SSSR count). The second-order valence-corrected chi connectivity index (χ2v) is 5.51. The molecule has 1 saturated carbocycles. The van der Waals surface area contributed by atoms with Gasteiger partial charge in [-0.25, -0.2) is 0 Å². The van der Waals surface area contributed by atoms with Gasteiger partial charge in [0.25, 0.3) is 0 Å². The summed E-state index contributed by atoms with van der Waals surface area (Å²) in [6.45, 7) is 0. The first-order valence-electron chi connectivity index (χ1n) is 6.62. The van der Waals surface area contributed by atoms with E-state index in [1.165, 1.54) is 31.3 Å². The molecule has 2 fully saturated rings. The molecule has 0 amide bonds. The second kappa shape index (κ2) is 3.42. The summed E-state index contributed by atoms with van der Waals surface area (Å²) in [6, 6.07) is 0. The lowest BCUT2D eigenvalue weighted by molar-refractivity contribution is -0.126. The summed E-state index contributed by atoms with van der Waals surface area (Å²) in [5, 5.41) is 0. The quantitative estimate of drug-likeness (QED) is 0.637. The zero-order valence-corrected chi connectivity index (χ0v) is 9.76. The van der Waals surface area contributed by atoms with E-state index in [1.807, 2.05) is 6.08 Å². The van der Waals surface area contributed by atoms with Gasteiger partial charge >= 0.3 is 0 Å². The standard InChI is InChI=1S/C15H16O2/c16-12-7-8-13-11-6-5-10(9-3-1-2-4-9)14(11)15(12)17-13/h5-8,11,13-15H,1-4H2/t11?,13-,14?,15+/m0/s1. The van der Waals surface area contributed by atoms with Crippen molar-refractivity contribution in [1.29, 1.82) is 0 Å². The number of carbonyl (C=O) groups excluding carboxylic acids is 1. The molecule has 0 N–H and O–H groups in total. The summed E-state index contributed by atoms with van der Waals surface area (Å²) in [7, 11) is 0. The molecule has 2 unspecified atom stereocenters. The molecule has 2 nitrogen and oxygen atoms in total. The molecule has 2 bridgehead atoms. The number of ether oxygens (including phenoxy) is 1. The Morgan fingerprint density at radius 2 is 1.94 bits per heavy atom. The van der Waals surface area contributed by atoms with E-state index in [0.717, 1.165) is 0 Å². The highest BCUT2D eigenvalue weighted by atomic mass is 16.5. The van der Waals surface area contributed by atoms with Gasteiger partial charge in [0.2, 0.25) is 0 Å². The van der Waals surface area contributed by atoms with E-state index in [1.54, 1.807) is 11.6 Å². The third-order valence-corrected chi connectivity index (χ3v) is 4.63. The molecule has 0 spiro atoms. The Morgan fingerprint density at radius 3 is 2.76 bits per heavy atom. The predicted molar refractivity (Wildman–Crippen MR) is 64.4 cm³/mol. The van der Waals surface area contributed by atoms with Crippen LogP contribution in [0.15, 0.2) is 35.5 Å². The Labute approximate surface area is 101 Å². The number of rotatable bonds is 0. The molecule has 2 heterocycles. The monoisotopic (exact) mass is 228 g/mol. The van der Waals surface area contributed by atoms with Crippen molar-refractivity contribution >= 4 is 5.78 Å². The highest BCUT2D eigenvalue weighted by Crippen LogP contribution is 2.48. The lowest BCUT2D eigenvalue weighted by Crippen LogP contribution is -2.28. The molecule has 4 atom stereocenters. The van der Waals surface area contributed by atoms with Crippen LogP contribution in [0.5, 0.6) is 0 Å². The zero-order valence-electron chi connectivity index (χ0n) is 9.76. The van der Waals surface area contributed by atoms with Crippen molar-refractivity contribution in [2.45, 2.75) is 37.9 Å². The first kappa shape index (κ1) is 9.84. The Bertz CT molecular complexity index is 461. The predicted octanol–water partition coefficient (Wildman–Crippen LogP) is 2.57. The number of ketones is 1. The number of hydrogen-bond donors (Lipinski definition) is 0. The Balaban J connectivity index is 1.77. The average Bonchev–Trinajstić information content (AvgIpc) is 3.02. The SMILES string of the molecule is O=C1C=C[C@@H]2O[C@H]1C1C(=C3CCCC3)C=CC12. The van der Waals surface area contributed by atoms with Crippen molar-refractivity contribution < 1.29 is 9.53 Å². The van der Waals surface area contributed by atoms with Gasteiger partial charge in [0.05, 0.1) is 6.10 Å². The number of carbonyl (C=O) groups is 1. The molecule has 1 saturated heterocycles. The largest absolute Gasteiger partial charge is 0.361 e. The fourth-order valence-electron chi connectivity index (χ4n) is 3.82. The molecule has 4 aliphatic rings. The maximum Gasteiger partial charge on any atom is 0.184 e. The number of fused-ring (bicyclic) bond motifs is 5. The maximum absolute atomic E-state index is 11.9. The number of allylic oxidation sites excluding steroid dienone is 2. The third kappa shape index (κ3) is 1.28. The van der Waals surface area contributed by atoms with E-state index in [-0.39, 0.29) is 18.0 Å². The van der Waals surface area contributed by atoms with Gasteiger partial charge in [0, 0.05) is 11.8 Å². The summed E-state index contributed by atoms with van der Waals surface area (Å²) in [4.78, 5) is 11.9. The first-order valence-corrected chi connectivity index (χ1v) is 6.62. The van der Waals surface area contributed by atoms with Crippen LogP contribution in [-0.2, 0) is 9.53 Å². The van der Waals surface area contributed by atoms with Crippen LogP contribution in [0.2, 0.25) is 0 Å². The third-order valence-electron chi connectivity index (χ3n) is 4.63. The van der Waals surface area contributed by atoms with E-state index in [4.69, 9.17) is 4.74 Å². The van der Waals surface area contributed by atoms with Crippen LogP contribution >= 0.6 is 0 Å². The van der Waals surface area contributed by atoms with Gasteiger partial charge in [-0.3, -0.25) is 4.79 Å². The van der Waals surface area contributed by atoms with Gasteiger partial charge in [-0.1, -0.05) is 23.8 Å². The van der Waals surface area contributed by atoms with Gasteiger partial charge in [0.1, 0.15) is 6.10 Å². The van der Waals surface area contributed by atoms with Crippen molar-refractivity contribution in [2.75, 3.05) is 0 Å². The minimum absolute atomic E-state index is 0.137. The van der Waals surface area contributed by atoms with Crippen LogP contribution < -0.4 is 0 Å². The van der Waals surface area contributed by atoms with Crippen molar-refractivity contribution in [3.05, 3.63) is 35.5 Å². The molecular weight excluding hydrogens is 212 g/mol. The Kier molecular flexibility index (Phi) is 1.98. The molecule has 0 radical (unpaired) electrons. The molecule has 88 valence electrons. The minimum Gasteiger partial charge on any atom is -0.361 e. The first-order chi connectivity index (χ1) is 8.34. The van der Waals surface area contributed by atoms with Gasteiger partial charge in [-0.15, -0.1) is 0 Å². The van der Waals surface area contributed by atoms with Gasteiger partial charge in [0.15, 0.2) is 5.78 Å². The Morgan fingerprint density at radius 1 is 1.12 bits per heavy atom. The maximum atomic E-state index is 11.9. The molecule has 0 aromatic carbocycles. The second-order valence-electron chi connectivity index (χ2n) is 5.51. The van der Waals surface area contributed by atoms with Gasteiger partial charge < -0.3 is 4.74 Å². The van der Waals surface area contributed by atoms with Crippen molar-refractivity contribution in [3.8, 4) is 0 Å².